The summed E-state index contributed by atoms with van der Waals surface area (Å²) in [6, 6.07) is 21.1. The molecule has 1 N–H and O–H groups in total. The molecular weight excluding hydrogens is 558 g/mol. The second-order valence-electron chi connectivity index (χ2n) is 11.0. The van der Waals surface area contributed by atoms with Crippen LogP contribution in [0.5, 0.6) is 5.75 Å². The van der Waals surface area contributed by atoms with Crippen molar-refractivity contribution in [3.8, 4) is 5.75 Å². The minimum Gasteiger partial charge on any atom is -0.503 e. The largest absolute Gasteiger partial charge is 0.503 e. The van der Waals surface area contributed by atoms with Gasteiger partial charge in [-0.15, -0.1) is 0 Å². The molecule has 1 aliphatic rings. The Hall–Kier alpha value is -3.84. The Labute approximate surface area is 236 Å². The first-order chi connectivity index (χ1) is 18.4. The summed E-state index contributed by atoms with van der Waals surface area (Å²) in [6.45, 7) is 10.2. The molecule has 4 aromatic rings. The summed E-state index contributed by atoms with van der Waals surface area (Å²) in [5, 5.41) is 11.9. The highest BCUT2D eigenvalue weighted by molar-refractivity contribution is 9.10. The molecule has 1 aliphatic heterocycles. The lowest BCUT2D eigenvalue weighted by molar-refractivity contribution is -0.117. The average Bonchev–Trinajstić information content (AvgIpc) is 3.42. The van der Waals surface area contributed by atoms with Gasteiger partial charge in [0.05, 0.1) is 17.7 Å². The Balaban J connectivity index is 1.61. The number of rotatable bonds is 6. The number of carbonyl (C=O) groups is 2. The fourth-order valence-corrected chi connectivity index (χ4v) is 5.18. The summed E-state index contributed by atoms with van der Waals surface area (Å²) in [6.07, 6.45) is -0.00376. The van der Waals surface area contributed by atoms with E-state index in [0.29, 0.717) is 22.6 Å². The predicted octanol–water partition coefficient (Wildman–Crippen LogP) is 8.06. The number of aliphatic hydroxyl groups excluding tert-OH is 1. The second kappa shape index (κ2) is 10.0. The predicted molar refractivity (Wildman–Crippen MR) is 155 cm³/mol. The summed E-state index contributed by atoms with van der Waals surface area (Å²) in [5.41, 5.74) is 2.76. The smallest absolute Gasteiger partial charge is 0.294 e. The second-order valence-corrected chi connectivity index (χ2v) is 11.9. The number of hydrogen-bond acceptors (Lipinski definition) is 5. The fraction of sp³-hybridized carbons (Fsp3) is 0.250. The number of hydrogen-bond donors (Lipinski definition) is 1. The van der Waals surface area contributed by atoms with E-state index in [9.17, 15) is 14.7 Å². The highest BCUT2D eigenvalue weighted by Gasteiger charge is 2.45. The molecule has 0 spiro atoms. The first kappa shape index (κ1) is 26.8. The van der Waals surface area contributed by atoms with E-state index >= 15 is 0 Å². The molecule has 1 unspecified atom stereocenters. The highest BCUT2D eigenvalue weighted by Crippen LogP contribution is 2.43. The van der Waals surface area contributed by atoms with Crippen molar-refractivity contribution in [2.75, 3.05) is 4.90 Å². The molecule has 200 valence electrons. The Kier molecular flexibility index (Phi) is 6.89. The average molecular weight is 588 g/mol. The number of ketones is 1. The van der Waals surface area contributed by atoms with Gasteiger partial charge in [0.25, 0.3) is 5.91 Å². The molecule has 0 saturated carbocycles. The van der Waals surface area contributed by atoms with Crippen LogP contribution in [0.15, 0.2) is 93.0 Å². The van der Waals surface area contributed by atoms with E-state index in [-0.39, 0.29) is 22.9 Å². The minimum absolute atomic E-state index is 0.00376. The third kappa shape index (κ3) is 5.11. The Morgan fingerprint density at radius 1 is 1.00 bits per heavy atom. The normalized spacial score (nSPS) is 16.0. The molecule has 7 heteroatoms. The van der Waals surface area contributed by atoms with E-state index < -0.39 is 23.5 Å². The van der Waals surface area contributed by atoms with E-state index in [4.69, 9.17) is 9.15 Å². The molecular formula is C32H30BrNO5. The Bertz CT molecular complexity index is 1590. The van der Waals surface area contributed by atoms with E-state index in [1.807, 2.05) is 62.4 Å². The van der Waals surface area contributed by atoms with E-state index in [1.165, 1.54) is 4.90 Å². The van der Waals surface area contributed by atoms with Crippen LogP contribution in [0, 0.1) is 0 Å². The van der Waals surface area contributed by atoms with Crippen LogP contribution in [0.4, 0.5) is 5.69 Å². The SMILES string of the molecule is CC(C)Oc1ccc(C2C(C(=O)c3cc4cc(Br)ccc4o3)=C(O)C(=O)N2c2ccc(C(C)(C)C)cc2)cc1. The standard InChI is InChI=1S/C32H30BrNO5/c1-18(2)38-24-13-6-19(7-14-24)28-27(29(35)26-17-20-16-22(33)10-15-25(20)39-26)30(36)31(37)34(28)23-11-8-21(9-12-23)32(3,4)5/h6-18,28,36H,1-5H3. The molecule has 1 aromatic heterocycles. The van der Waals surface area contributed by atoms with Gasteiger partial charge in [-0.2, -0.15) is 0 Å². The third-order valence-corrected chi connectivity index (χ3v) is 7.23. The number of amides is 1. The van der Waals surface area contributed by atoms with Gasteiger partial charge in [-0.3, -0.25) is 14.5 Å². The van der Waals surface area contributed by atoms with Gasteiger partial charge in [0, 0.05) is 15.5 Å². The molecule has 2 heterocycles. The topological polar surface area (TPSA) is 80.0 Å². The van der Waals surface area contributed by atoms with E-state index in [1.54, 1.807) is 24.3 Å². The van der Waals surface area contributed by atoms with Crippen LogP contribution < -0.4 is 9.64 Å². The number of nitrogens with zero attached hydrogens (tertiary/aromatic N) is 1. The van der Waals surface area contributed by atoms with Crippen LogP contribution in [0.3, 0.4) is 0 Å². The van der Waals surface area contributed by atoms with E-state index in [0.717, 1.165) is 15.4 Å². The van der Waals surface area contributed by atoms with Gasteiger partial charge in [-0.25, -0.2) is 0 Å². The van der Waals surface area contributed by atoms with Crippen molar-refractivity contribution >= 4 is 44.3 Å². The van der Waals surface area contributed by atoms with Crippen molar-refractivity contribution in [1.82, 2.24) is 0 Å². The van der Waals surface area contributed by atoms with Crippen LogP contribution in [0.2, 0.25) is 0 Å². The summed E-state index contributed by atoms with van der Waals surface area (Å²) in [4.78, 5) is 28.9. The van der Waals surface area contributed by atoms with Crippen molar-refractivity contribution < 1.29 is 23.8 Å². The summed E-state index contributed by atoms with van der Waals surface area (Å²) < 4.78 is 12.5. The van der Waals surface area contributed by atoms with Crippen molar-refractivity contribution in [2.24, 2.45) is 0 Å². The molecule has 0 saturated heterocycles. The minimum atomic E-state index is -0.862. The van der Waals surface area contributed by atoms with Crippen LogP contribution in [0.25, 0.3) is 11.0 Å². The Morgan fingerprint density at radius 2 is 1.67 bits per heavy atom. The van der Waals surface area contributed by atoms with Gasteiger partial charge < -0.3 is 14.3 Å². The number of furan rings is 1. The third-order valence-electron chi connectivity index (χ3n) is 6.73. The lowest BCUT2D eigenvalue weighted by Crippen LogP contribution is -2.31. The van der Waals surface area contributed by atoms with Crippen molar-refractivity contribution in [2.45, 2.75) is 52.2 Å². The number of carbonyl (C=O) groups excluding carboxylic acids is 2. The molecule has 39 heavy (non-hydrogen) atoms. The van der Waals surface area contributed by atoms with Crippen LogP contribution in [-0.2, 0) is 10.2 Å². The lowest BCUT2D eigenvalue weighted by Gasteiger charge is -2.28. The molecule has 0 bridgehead atoms. The van der Waals surface area contributed by atoms with Crippen molar-refractivity contribution in [3.05, 3.63) is 105 Å². The quantitative estimate of drug-likeness (QED) is 0.231. The first-order valence-electron chi connectivity index (χ1n) is 12.8. The zero-order chi connectivity index (χ0) is 28.1. The monoisotopic (exact) mass is 587 g/mol. The van der Waals surface area contributed by atoms with Crippen LogP contribution in [0.1, 0.15) is 62.3 Å². The molecule has 3 aromatic carbocycles. The van der Waals surface area contributed by atoms with Gasteiger partial charge in [0.1, 0.15) is 11.3 Å². The molecule has 0 radical (unpaired) electrons. The summed E-state index contributed by atoms with van der Waals surface area (Å²) >= 11 is 3.44. The van der Waals surface area contributed by atoms with Crippen molar-refractivity contribution in [3.63, 3.8) is 0 Å². The number of Topliss-reactive ketones (excluding diaryl/α,β-unsaturated/α-hetero) is 1. The lowest BCUT2D eigenvalue weighted by atomic mass is 9.87. The van der Waals surface area contributed by atoms with E-state index in [2.05, 4.69) is 36.7 Å². The number of benzene rings is 3. The maximum atomic E-state index is 13.9. The van der Waals surface area contributed by atoms with Gasteiger partial charge in [0.2, 0.25) is 5.78 Å². The van der Waals surface area contributed by atoms with Gasteiger partial charge in [0.15, 0.2) is 11.5 Å². The van der Waals surface area contributed by atoms with Gasteiger partial charge in [-0.1, -0.05) is 61.0 Å². The molecule has 1 atom stereocenters. The van der Waals surface area contributed by atoms with Gasteiger partial charge >= 0.3 is 0 Å². The zero-order valence-corrected chi connectivity index (χ0v) is 24.1. The Morgan fingerprint density at radius 3 is 2.28 bits per heavy atom. The van der Waals surface area contributed by atoms with Crippen molar-refractivity contribution in [1.29, 1.82) is 0 Å². The maximum Gasteiger partial charge on any atom is 0.294 e. The van der Waals surface area contributed by atoms with Crippen LogP contribution >= 0.6 is 15.9 Å². The zero-order valence-electron chi connectivity index (χ0n) is 22.5. The number of fused-ring (bicyclic) bond motifs is 1. The molecule has 1 amide bonds. The highest BCUT2D eigenvalue weighted by atomic mass is 79.9. The summed E-state index contributed by atoms with van der Waals surface area (Å²) in [5.74, 6) is -1.06. The number of halogens is 1. The molecule has 6 nitrogen and oxygen atoms in total. The van der Waals surface area contributed by atoms with Crippen LogP contribution in [-0.4, -0.2) is 22.9 Å². The number of anilines is 1. The summed E-state index contributed by atoms with van der Waals surface area (Å²) in [7, 11) is 0. The molecule has 0 fully saturated rings. The van der Waals surface area contributed by atoms with Gasteiger partial charge in [-0.05, 0) is 78.9 Å². The first-order valence-corrected chi connectivity index (χ1v) is 13.6. The number of aliphatic hydroxyl groups is 1. The fourth-order valence-electron chi connectivity index (χ4n) is 4.80. The maximum absolute atomic E-state index is 13.9. The molecule has 5 rings (SSSR count). The molecule has 0 aliphatic carbocycles. The number of ether oxygens (including phenoxy) is 1.